The van der Waals surface area contributed by atoms with E-state index < -0.39 is 0 Å². The van der Waals surface area contributed by atoms with Crippen molar-refractivity contribution in [2.75, 3.05) is 28.3 Å². The Bertz CT molecular complexity index is 47.0. The van der Waals surface area contributed by atoms with Gasteiger partial charge >= 0.3 is 0 Å². The third kappa shape index (κ3) is 2.56. The van der Waals surface area contributed by atoms with Crippen LogP contribution in [-0.4, -0.2) is 33.3 Å². The van der Waals surface area contributed by atoms with E-state index in [1.165, 1.54) is 0 Å². The number of quaternary nitrogens is 1. The third-order valence-corrected chi connectivity index (χ3v) is 0.925. The summed E-state index contributed by atoms with van der Waals surface area (Å²) in [5, 5.41) is 2.85. The highest BCUT2D eigenvalue weighted by Crippen LogP contribution is 1.46. The monoisotopic (exact) mass is 105 g/mol. The SMILES string of the molecule is CO[NH+](C)N(C)C. The maximum atomic E-state index is 4.85. The lowest BCUT2D eigenvalue weighted by atomic mass is 11.1. The van der Waals surface area contributed by atoms with Crippen LogP contribution in [0.25, 0.3) is 0 Å². The van der Waals surface area contributed by atoms with E-state index >= 15 is 0 Å². The van der Waals surface area contributed by atoms with Gasteiger partial charge in [-0.3, -0.25) is 0 Å². The summed E-state index contributed by atoms with van der Waals surface area (Å²) < 4.78 is 0. The van der Waals surface area contributed by atoms with Crippen LogP contribution in [0.2, 0.25) is 0 Å². The molecule has 0 fully saturated rings. The minimum atomic E-state index is 0.931. The van der Waals surface area contributed by atoms with Gasteiger partial charge in [-0.2, -0.15) is 4.84 Å². The molecule has 0 spiro atoms. The van der Waals surface area contributed by atoms with Crippen molar-refractivity contribution in [3.8, 4) is 0 Å². The minimum absolute atomic E-state index is 0.931. The van der Waals surface area contributed by atoms with Crippen LogP contribution in [0.1, 0.15) is 0 Å². The van der Waals surface area contributed by atoms with E-state index in [9.17, 15) is 0 Å². The summed E-state index contributed by atoms with van der Waals surface area (Å²) in [4.78, 5) is 4.85. The van der Waals surface area contributed by atoms with Crippen LogP contribution in [0.5, 0.6) is 0 Å². The van der Waals surface area contributed by atoms with Crippen LogP contribution in [0, 0.1) is 0 Å². The van der Waals surface area contributed by atoms with E-state index in [0.717, 1.165) is 5.17 Å². The number of nitrogens with one attached hydrogen (secondary N) is 1. The molecule has 7 heavy (non-hydrogen) atoms. The number of hydrogen-bond acceptors (Lipinski definition) is 2. The molecule has 0 aliphatic carbocycles. The van der Waals surface area contributed by atoms with Crippen molar-refractivity contribution in [1.82, 2.24) is 5.01 Å². The van der Waals surface area contributed by atoms with Gasteiger partial charge in [0.05, 0.1) is 7.11 Å². The highest BCUT2D eigenvalue weighted by atomic mass is 16.7. The van der Waals surface area contributed by atoms with E-state index in [0.29, 0.717) is 0 Å². The third-order valence-electron chi connectivity index (χ3n) is 0.925. The van der Waals surface area contributed by atoms with Gasteiger partial charge in [0.2, 0.25) is 0 Å². The number of hydroxylamine groups is 1. The Hall–Kier alpha value is -0.120. The summed E-state index contributed by atoms with van der Waals surface area (Å²) in [6.45, 7) is 0. The number of nitrogens with zero attached hydrogens (tertiary/aromatic N) is 1. The molecular weight excluding hydrogens is 92.1 g/mol. The molecule has 0 radical (unpaired) electrons. The van der Waals surface area contributed by atoms with Crippen molar-refractivity contribution in [1.29, 1.82) is 0 Å². The average Bonchev–Trinajstić information content (AvgIpc) is 1.65. The predicted octanol–water partition coefficient (Wildman–Crippen LogP) is -1.46. The summed E-state index contributed by atoms with van der Waals surface area (Å²) >= 11 is 0. The summed E-state index contributed by atoms with van der Waals surface area (Å²) in [6.07, 6.45) is 0. The Labute approximate surface area is 44.4 Å². The second kappa shape index (κ2) is 2.96. The zero-order chi connectivity index (χ0) is 5.86. The molecule has 1 N–H and O–H groups in total. The molecule has 0 amide bonds. The Morgan fingerprint density at radius 3 is 1.86 bits per heavy atom. The molecule has 0 aromatic rings. The second-order valence-corrected chi connectivity index (χ2v) is 1.62. The van der Waals surface area contributed by atoms with Gasteiger partial charge in [-0.05, 0) is 0 Å². The van der Waals surface area contributed by atoms with E-state index in [2.05, 4.69) is 0 Å². The van der Waals surface area contributed by atoms with Crippen LogP contribution in [0.3, 0.4) is 0 Å². The molecule has 0 saturated heterocycles. The van der Waals surface area contributed by atoms with E-state index in [4.69, 9.17) is 4.84 Å². The smallest absolute Gasteiger partial charge is 0.116 e. The Kier molecular flexibility index (Phi) is 2.91. The van der Waals surface area contributed by atoms with Gasteiger partial charge in [-0.25, -0.2) is 0 Å². The molecule has 0 aromatic carbocycles. The van der Waals surface area contributed by atoms with Crippen molar-refractivity contribution in [3.63, 3.8) is 0 Å². The number of hydrogen-bond donors (Lipinski definition) is 1. The van der Waals surface area contributed by atoms with Gasteiger partial charge in [0, 0.05) is 14.1 Å². The van der Waals surface area contributed by atoms with Gasteiger partial charge in [0.1, 0.15) is 7.05 Å². The first kappa shape index (κ1) is 6.88. The molecule has 0 saturated carbocycles. The average molecular weight is 105 g/mol. The molecular formula is C4H13N2O+. The lowest BCUT2D eigenvalue weighted by Gasteiger charge is -2.14. The van der Waals surface area contributed by atoms with Crippen molar-refractivity contribution in [3.05, 3.63) is 0 Å². The van der Waals surface area contributed by atoms with Gasteiger partial charge in [-0.15, -0.1) is 10.2 Å². The lowest BCUT2D eigenvalue weighted by Crippen LogP contribution is -3.13. The highest BCUT2D eigenvalue weighted by molar-refractivity contribution is 3.93. The fourth-order valence-corrected chi connectivity index (χ4v) is 0.183. The predicted molar refractivity (Wildman–Crippen MR) is 27.6 cm³/mol. The lowest BCUT2D eigenvalue weighted by molar-refractivity contribution is -1.16. The molecule has 3 nitrogen and oxygen atoms in total. The summed E-state index contributed by atoms with van der Waals surface area (Å²) in [6, 6.07) is 0. The Morgan fingerprint density at radius 2 is 1.86 bits per heavy atom. The van der Waals surface area contributed by atoms with Gasteiger partial charge < -0.3 is 0 Å². The van der Waals surface area contributed by atoms with Crippen molar-refractivity contribution in [2.45, 2.75) is 0 Å². The largest absolute Gasteiger partial charge is 0.187 e. The summed E-state index contributed by atoms with van der Waals surface area (Å²) in [5.41, 5.74) is 0. The first-order chi connectivity index (χ1) is 3.18. The topological polar surface area (TPSA) is 16.9 Å². The molecule has 0 bridgehead atoms. The van der Waals surface area contributed by atoms with Crippen LogP contribution in [0.15, 0.2) is 0 Å². The molecule has 0 aromatic heterocycles. The van der Waals surface area contributed by atoms with Crippen LogP contribution in [0.4, 0.5) is 0 Å². The second-order valence-electron chi connectivity index (χ2n) is 1.62. The van der Waals surface area contributed by atoms with Crippen molar-refractivity contribution >= 4 is 0 Å². The zero-order valence-corrected chi connectivity index (χ0v) is 5.36. The van der Waals surface area contributed by atoms with Gasteiger partial charge in [0.15, 0.2) is 0 Å². The van der Waals surface area contributed by atoms with E-state index in [-0.39, 0.29) is 0 Å². The van der Waals surface area contributed by atoms with Gasteiger partial charge in [0.25, 0.3) is 0 Å². The highest BCUT2D eigenvalue weighted by Gasteiger charge is 1.98. The molecule has 1 atom stereocenters. The van der Waals surface area contributed by atoms with Crippen molar-refractivity contribution in [2.24, 2.45) is 0 Å². The molecule has 1 unspecified atom stereocenters. The molecule has 0 heterocycles. The Morgan fingerprint density at radius 1 is 1.43 bits per heavy atom. The van der Waals surface area contributed by atoms with Crippen LogP contribution in [-0.2, 0) is 4.84 Å². The zero-order valence-electron chi connectivity index (χ0n) is 5.36. The fraction of sp³-hybridized carbons (Fsp3) is 1.00. The molecule has 0 rings (SSSR count). The molecule has 3 heteroatoms. The first-order valence-electron chi connectivity index (χ1n) is 2.23. The quantitative estimate of drug-likeness (QED) is 0.432. The first-order valence-corrected chi connectivity index (χ1v) is 2.23. The summed E-state index contributed by atoms with van der Waals surface area (Å²) in [5.74, 6) is 0. The molecule has 0 aliphatic heterocycles. The summed E-state index contributed by atoms with van der Waals surface area (Å²) in [7, 11) is 7.47. The fourth-order valence-electron chi connectivity index (χ4n) is 0.183. The molecule has 0 aliphatic rings. The number of rotatable bonds is 2. The van der Waals surface area contributed by atoms with Crippen LogP contribution < -0.4 is 5.17 Å². The maximum absolute atomic E-state index is 4.85. The maximum Gasteiger partial charge on any atom is 0.116 e. The van der Waals surface area contributed by atoms with E-state index in [1.807, 2.05) is 26.2 Å². The standard InChI is InChI=1S/C4H12N2O/c1-5(2)6(3)7-4/h1-4H3/p+1. The normalized spacial score (nSPS) is 15.0. The Balaban J connectivity index is 3.14. The molecule has 44 valence electrons. The van der Waals surface area contributed by atoms with Gasteiger partial charge in [-0.1, -0.05) is 0 Å². The van der Waals surface area contributed by atoms with E-state index in [1.54, 1.807) is 7.11 Å². The minimum Gasteiger partial charge on any atom is -0.187 e. The van der Waals surface area contributed by atoms with Crippen LogP contribution >= 0.6 is 0 Å². The van der Waals surface area contributed by atoms with Crippen molar-refractivity contribution < 1.29 is 10.0 Å².